The average molecular weight is 461 g/mol. The molecule has 33 heavy (non-hydrogen) atoms. The highest BCUT2D eigenvalue weighted by Crippen LogP contribution is 2.68. The summed E-state index contributed by atoms with van der Waals surface area (Å²) in [5, 5.41) is 10.7. The first-order chi connectivity index (χ1) is 15.6. The van der Waals surface area contributed by atoms with Gasteiger partial charge in [0.1, 0.15) is 6.10 Å². The number of hydrogen-bond acceptors (Lipinski definition) is 3. The Morgan fingerprint density at radius 2 is 1.70 bits per heavy atom. The van der Waals surface area contributed by atoms with E-state index in [1.54, 1.807) is 0 Å². The number of aliphatic carboxylic acids is 1. The Balaban J connectivity index is 1.54. The summed E-state index contributed by atoms with van der Waals surface area (Å²) in [7, 11) is 0. The highest BCUT2D eigenvalue weighted by atomic mass is 16.5. The number of carbonyl (C=O) groups is 2. The molecule has 0 amide bonds. The molecule has 1 N–H and O–H groups in total. The third-order valence-electron chi connectivity index (χ3n) is 11.0. The van der Waals surface area contributed by atoms with Gasteiger partial charge in [-0.25, -0.2) is 0 Å². The summed E-state index contributed by atoms with van der Waals surface area (Å²) < 4.78 is 5.60. The molecule has 0 aliphatic heterocycles. The second-order valence-electron chi connectivity index (χ2n) is 13.0. The van der Waals surface area contributed by atoms with Crippen molar-refractivity contribution < 1.29 is 19.4 Å². The van der Waals surface area contributed by atoms with Gasteiger partial charge in [0.25, 0.3) is 0 Å². The van der Waals surface area contributed by atoms with Crippen molar-refractivity contribution in [2.75, 3.05) is 0 Å². The molecule has 9 atom stereocenters. The predicted octanol–water partition coefficient (Wildman–Crippen LogP) is 7.10. The van der Waals surface area contributed by atoms with Crippen molar-refractivity contribution in [3.05, 3.63) is 0 Å². The first-order valence-electron chi connectivity index (χ1n) is 14.0. The molecule has 0 bridgehead atoms. The van der Waals surface area contributed by atoms with Crippen LogP contribution in [0.15, 0.2) is 0 Å². The number of fused-ring (bicyclic) bond motifs is 5. The number of carbonyl (C=O) groups excluding carboxylic acids is 1. The van der Waals surface area contributed by atoms with Gasteiger partial charge in [0, 0.05) is 13.3 Å². The second-order valence-corrected chi connectivity index (χ2v) is 13.0. The molecule has 0 heterocycles. The zero-order valence-electron chi connectivity index (χ0n) is 21.8. The van der Waals surface area contributed by atoms with Crippen molar-refractivity contribution in [2.24, 2.45) is 52.3 Å². The third-order valence-corrected chi connectivity index (χ3v) is 11.0. The van der Waals surface area contributed by atoms with E-state index in [2.05, 4.69) is 27.7 Å². The fourth-order valence-electron chi connectivity index (χ4n) is 9.65. The molecule has 4 heteroatoms. The van der Waals surface area contributed by atoms with E-state index < -0.39 is 11.4 Å². The van der Waals surface area contributed by atoms with Crippen LogP contribution in [-0.2, 0) is 14.3 Å². The minimum absolute atomic E-state index is 0.223. The molecule has 0 aromatic heterocycles. The summed E-state index contributed by atoms with van der Waals surface area (Å²) in [6.07, 6.45) is 13.1. The van der Waals surface area contributed by atoms with Gasteiger partial charge in [-0.15, -0.1) is 0 Å². The minimum Gasteiger partial charge on any atom is -0.481 e. The zero-order chi connectivity index (χ0) is 24.0. The van der Waals surface area contributed by atoms with E-state index in [1.165, 1.54) is 51.9 Å². The van der Waals surface area contributed by atoms with Gasteiger partial charge < -0.3 is 9.84 Å². The molecule has 0 aromatic rings. The maximum atomic E-state index is 13.0. The van der Waals surface area contributed by atoms with Crippen molar-refractivity contribution in [2.45, 2.75) is 118 Å². The van der Waals surface area contributed by atoms with Gasteiger partial charge in [-0.2, -0.15) is 0 Å². The zero-order valence-corrected chi connectivity index (χ0v) is 21.8. The molecule has 4 nitrogen and oxygen atoms in total. The van der Waals surface area contributed by atoms with Gasteiger partial charge >= 0.3 is 11.9 Å². The summed E-state index contributed by atoms with van der Waals surface area (Å²) in [6.45, 7) is 11.2. The molecule has 4 aliphatic rings. The lowest BCUT2D eigenvalue weighted by molar-refractivity contribution is -0.191. The Bertz CT molecular complexity index is 731. The van der Waals surface area contributed by atoms with Crippen molar-refractivity contribution in [3.8, 4) is 0 Å². The lowest BCUT2D eigenvalue weighted by Crippen LogP contribution is -2.59. The van der Waals surface area contributed by atoms with E-state index in [1.807, 2.05) is 0 Å². The Kier molecular flexibility index (Phi) is 7.23. The van der Waals surface area contributed by atoms with E-state index in [0.29, 0.717) is 23.7 Å². The maximum absolute atomic E-state index is 13.0. The van der Waals surface area contributed by atoms with Crippen molar-refractivity contribution in [1.82, 2.24) is 0 Å². The molecule has 0 aromatic carbocycles. The van der Waals surface area contributed by atoms with Gasteiger partial charge in [0.15, 0.2) is 0 Å². The van der Waals surface area contributed by atoms with Crippen LogP contribution in [0.3, 0.4) is 0 Å². The molecular formula is C29H48O4. The van der Waals surface area contributed by atoms with E-state index >= 15 is 0 Å². The molecular weight excluding hydrogens is 412 g/mol. The monoisotopic (exact) mass is 460 g/mol. The quantitative estimate of drug-likeness (QED) is 0.411. The number of hydrogen-bond donors (Lipinski definition) is 1. The SMILES string of the molecule is CC(=O)OC1CCC2CCC3C4CCC(C(C)CCCC(C)C)C4(C)CCC3C2(C(=O)O)C1. The smallest absolute Gasteiger partial charge is 0.310 e. The van der Waals surface area contributed by atoms with Crippen molar-refractivity contribution >= 4 is 11.9 Å². The van der Waals surface area contributed by atoms with Crippen LogP contribution >= 0.6 is 0 Å². The molecule has 4 aliphatic carbocycles. The molecule has 4 saturated carbocycles. The predicted molar refractivity (Wildman–Crippen MR) is 131 cm³/mol. The van der Waals surface area contributed by atoms with Crippen molar-refractivity contribution in [3.63, 3.8) is 0 Å². The standard InChI is InChI=1S/C29H48O4/c1-18(2)7-6-8-19(3)24-13-14-25-23-12-10-21-9-11-22(33-20(4)30)17-29(21,27(31)32)26(23)15-16-28(24,25)5/h18-19,21-26H,6-17H2,1-5H3,(H,31,32). The number of ether oxygens (including phenoxy) is 1. The summed E-state index contributed by atoms with van der Waals surface area (Å²) >= 11 is 0. The number of carboxylic acid groups (broad SMARTS) is 1. The van der Waals surface area contributed by atoms with E-state index in [-0.39, 0.29) is 23.9 Å². The van der Waals surface area contributed by atoms with E-state index in [0.717, 1.165) is 43.4 Å². The van der Waals surface area contributed by atoms with Crippen LogP contribution in [0.5, 0.6) is 0 Å². The highest BCUT2D eigenvalue weighted by Gasteiger charge is 2.65. The van der Waals surface area contributed by atoms with Gasteiger partial charge in [0.05, 0.1) is 5.41 Å². The topological polar surface area (TPSA) is 63.6 Å². The van der Waals surface area contributed by atoms with Crippen LogP contribution in [0.25, 0.3) is 0 Å². The van der Waals surface area contributed by atoms with Gasteiger partial charge in [-0.1, -0.05) is 47.0 Å². The van der Waals surface area contributed by atoms with Crippen LogP contribution < -0.4 is 0 Å². The fourth-order valence-corrected chi connectivity index (χ4v) is 9.65. The lowest BCUT2D eigenvalue weighted by atomic mass is 9.43. The Labute approximate surface area is 201 Å². The Morgan fingerprint density at radius 1 is 0.970 bits per heavy atom. The van der Waals surface area contributed by atoms with Crippen LogP contribution in [-0.4, -0.2) is 23.1 Å². The van der Waals surface area contributed by atoms with E-state index in [4.69, 9.17) is 4.74 Å². The Morgan fingerprint density at radius 3 is 2.36 bits per heavy atom. The molecule has 0 radical (unpaired) electrons. The second kappa shape index (κ2) is 9.53. The highest BCUT2D eigenvalue weighted by molar-refractivity contribution is 5.76. The molecule has 188 valence electrons. The summed E-state index contributed by atoms with van der Waals surface area (Å²) in [4.78, 5) is 24.6. The molecule has 4 rings (SSSR count). The van der Waals surface area contributed by atoms with Crippen LogP contribution in [0.1, 0.15) is 112 Å². The molecule has 0 spiro atoms. The fraction of sp³-hybridized carbons (Fsp3) is 0.931. The first kappa shape index (κ1) is 25.0. The number of rotatable bonds is 7. The van der Waals surface area contributed by atoms with Gasteiger partial charge in [-0.05, 0) is 98.2 Å². The molecule has 4 fully saturated rings. The van der Waals surface area contributed by atoms with E-state index in [9.17, 15) is 14.7 Å². The summed E-state index contributed by atoms with van der Waals surface area (Å²) in [5.41, 5.74) is -0.321. The van der Waals surface area contributed by atoms with Crippen LogP contribution in [0, 0.1) is 52.3 Å². The van der Waals surface area contributed by atoms with Crippen LogP contribution in [0.2, 0.25) is 0 Å². The largest absolute Gasteiger partial charge is 0.481 e. The average Bonchev–Trinajstić information content (AvgIpc) is 3.09. The minimum atomic E-state index is -0.691. The molecule has 0 saturated heterocycles. The summed E-state index contributed by atoms with van der Waals surface area (Å²) in [5.74, 6) is 3.15. The summed E-state index contributed by atoms with van der Waals surface area (Å²) in [6, 6.07) is 0. The van der Waals surface area contributed by atoms with Gasteiger partial charge in [0.2, 0.25) is 0 Å². The van der Waals surface area contributed by atoms with Crippen LogP contribution in [0.4, 0.5) is 0 Å². The molecule has 9 unspecified atom stereocenters. The lowest BCUT2D eigenvalue weighted by Gasteiger charge is -2.60. The van der Waals surface area contributed by atoms with Crippen molar-refractivity contribution in [1.29, 1.82) is 0 Å². The number of carboxylic acids is 1. The first-order valence-corrected chi connectivity index (χ1v) is 14.0. The normalized spacial score (nSPS) is 43.3. The third kappa shape index (κ3) is 4.38. The number of esters is 1. The van der Waals surface area contributed by atoms with Gasteiger partial charge in [-0.3, -0.25) is 9.59 Å². The Hall–Kier alpha value is -1.06. The maximum Gasteiger partial charge on any atom is 0.310 e.